The third-order valence-corrected chi connectivity index (χ3v) is 6.93. The number of benzene rings is 2. The first-order valence-corrected chi connectivity index (χ1v) is 11.6. The lowest BCUT2D eigenvalue weighted by atomic mass is 9.69. The minimum atomic E-state index is -0.512. The Bertz CT molecular complexity index is 839. The molecule has 0 fully saturated rings. The summed E-state index contributed by atoms with van der Waals surface area (Å²) in [5, 5.41) is 0. The standard InChI is InChI=1S/C28H40O3/c1-9-27(7,10-2)28(8,11-3)31-24-18-14-22(15-19-24)20-21-12-16-23(17-13-21)30-25(29)26(4,5)6/h12-19H,9-11,20H2,1-8H3. The molecule has 0 N–H and O–H groups in total. The van der Waals surface area contributed by atoms with E-state index in [1.165, 1.54) is 11.1 Å². The second-order valence-electron chi connectivity index (χ2n) is 10.1. The molecule has 1 unspecified atom stereocenters. The van der Waals surface area contributed by atoms with Crippen molar-refractivity contribution in [3.63, 3.8) is 0 Å². The van der Waals surface area contributed by atoms with Gasteiger partial charge in [0.2, 0.25) is 0 Å². The van der Waals surface area contributed by atoms with Crippen LogP contribution in [-0.2, 0) is 11.2 Å². The number of carbonyl (C=O) groups excluding carboxylic acids is 1. The van der Waals surface area contributed by atoms with Crippen LogP contribution >= 0.6 is 0 Å². The quantitative estimate of drug-likeness (QED) is 0.307. The first-order chi connectivity index (χ1) is 14.5. The van der Waals surface area contributed by atoms with E-state index in [1.54, 1.807) is 0 Å². The summed E-state index contributed by atoms with van der Waals surface area (Å²) >= 11 is 0. The van der Waals surface area contributed by atoms with Crippen LogP contribution in [0.4, 0.5) is 0 Å². The highest BCUT2D eigenvalue weighted by Crippen LogP contribution is 2.43. The van der Waals surface area contributed by atoms with Crippen molar-refractivity contribution >= 4 is 5.97 Å². The average Bonchev–Trinajstić information content (AvgIpc) is 2.75. The van der Waals surface area contributed by atoms with Crippen molar-refractivity contribution in [2.45, 2.75) is 86.7 Å². The van der Waals surface area contributed by atoms with Gasteiger partial charge in [0.15, 0.2) is 0 Å². The summed E-state index contributed by atoms with van der Waals surface area (Å²) < 4.78 is 12.0. The van der Waals surface area contributed by atoms with E-state index >= 15 is 0 Å². The molecule has 0 aromatic heterocycles. The Morgan fingerprint density at radius 2 is 1.16 bits per heavy atom. The van der Waals surface area contributed by atoms with Crippen molar-refractivity contribution in [1.29, 1.82) is 0 Å². The Hall–Kier alpha value is -2.29. The van der Waals surface area contributed by atoms with Gasteiger partial charge in [-0.3, -0.25) is 4.79 Å². The van der Waals surface area contributed by atoms with Gasteiger partial charge in [-0.2, -0.15) is 0 Å². The van der Waals surface area contributed by atoms with Crippen LogP contribution in [0.2, 0.25) is 0 Å². The largest absolute Gasteiger partial charge is 0.487 e. The normalized spacial score (nSPS) is 14.1. The van der Waals surface area contributed by atoms with E-state index in [0.29, 0.717) is 5.75 Å². The molecule has 0 heterocycles. The number of hydrogen-bond donors (Lipinski definition) is 0. The molecule has 0 spiro atoms. The van der Waals surface area contributed by atoms with E-state index in [4.69, 9.17) is 9.47 Å². The van der Waals surface area contributed by atoms with E-state index < -0.39 is 5.41 Å². The molecular weight excluding hydrogens is 384 g/mol. The van der Waals surface area contributed by atoms with Crippen LogP contribution in [0.3, 0.4) is 0 Å². The summed E-state index contributed by atoms with van der Waals surface area (Å²) in [5.74, 6) is 1.28. The Morgan fingerprint density at radius 3 is 1.55 bits per heavy atom. The van der Waals surface area contributed by atoms with Crippen molar-refractivity contribution in [2.24, 2.45) is 10.8 Å². The number of carbonyl (C=O) groups is 1. The van der Waals surface area contributed by atoms with Gasteiger partial charge < -0.3 is 9.47 Å². The summed E-state index contributed by atoms with van der Waals surface area (Å²) in [7, 11) is 0. The predicted molar refractivity (Wildman–Crippen MR) is 129 cm³/mol. The van der Waals surface area contributed by atoms with Gasteiger partial charge in [-0.05, 0) is 88.8 Å². The van der Waals surface area contributed by atoms with Crippen molar-refractivity contribution < 1.29 is 14.3 Å². The maximum absolute atomic E-state index is 12.0. The molecular formula is C28H40O3. The topological polar surface area (TPSA) is 35.5 Å². The highest BCUT2D eigenvalue weighted by atomic mass is 16.5. The van der Waals surface area contributed by atoms with Crippen LogP contribution < -0.4 is 9.47 Å². The summed E-state index contributed by atoms with van der Waals surface area (Å²) in [4.78, 5) is 12.0. The fraction of sp³-hybridized carbons (Fsp3) is 0.536. The van der Waals surface area contributed by atoms with Gasteiger partial charge in [-0.25, -0.2) is 0 Å². The van der Waals surface area contributed by atoms with Crippen LogP contribution in [-0.4, -0.2) is 11.6 Å². The molecule has 3 heteroatoms. The Morgan fingerprint density at radius 1 is 0.710 bits per heavy atom. The molecule has 0 aliphatic carbocycles. The molecule has 2 rings (SSSR count). The SMILES string of the molecule is CCC(C)(CC)C(C)(CC)Oc1ccc(Cc2ccc(OC(=O)C(C)(C)C)cc2)cc1. The molecule has 170 valence electrons. The fourth-order valence-corrected chi connectivity index (χ4v) is 3.73. The molecule has 0 saturated heterocycles. The lowest BCUT2D eigenvalue weighted by molar-refractivity contribution is -0.143. The monoisotopic (exact) mass is 424 g/mol. The maximum Gasteiger partial charge on any atom is 0.316 e. The van der Waals surface area contributed by atoms with Crippen LogP contribution in [0.1, 0.15) is 85.8 Å². The molecule has 0 aliphatic rings. The van der Waals surface area contributed by atoms with Gasteiger partial charge in [0.05, 0.1) is 5.41 Å². The van der Waals surface area contributed by atoms with E-state index in [1.807, 2.05) is 45.0 Å². The number of ether oxygens (including phenoxy) is 2. The Balaban J connectivity index is 2.05. The van der Waals surface area contributed by atoms with Gasteiger partial charge >= 0.3 is 5.97 Å². The van der Waals surface area contributed by atoms with Gasteiger partial charge in [0.1, 0.15) is 17.1 Å². The van der Waals surface area contributed by atoms with E-state index in [-0.39, 0.29) is 17.0 Å². The van der Waals surface area contributed by atoms with E-state index in [0.717, 1.165) is 31.4 Å². The molecule has 0 bridgehead atoms. The predicted octanol–water partition coefficient (Wildman–Crippen LogP) is 7.60. The lowest BCUT2D eigenvalue weighted by Gasteiger charge is -2.45. The molecule has 0 aliphatic heterocycles. The average molecular weight is 425 g/mol. The zero-order valence-corrected chi connectivity index (χ0v) is 20.7. The van der Waals surface area contributed by atoms with Crippen molar-refractivity contribution in [1.82, 2.24) is 0 Å². The van der Waals surface area contributed by atoms with E-state index in [2.05, 4.69) is 58.9 Å². The molecule has 31 heavy (non-hydrogen) atoms. The molecule has 0 saturated carbocycles. The zero-order valence-electron chi connectivity index (χ0n) is 20.7. The van der Waals surface area contributed by atoms with Crippen LogP contribution in [0, 0.1) is 10.8 Å². The van der Waals surface area contributed by atoms with Crippen LogP contribution in [0.25, 0.3) is 0 Å². The number of esters is 1. The van der Waals surface area contributed by atoms with Gasteiger partial charge in [0.25, 0.3) is 0 Å². The number of rotatable bonds is 9. The van der Waals surface area contributed by atoms with Crippen molar-refractivity contribution in [3.8, 4) is 11.5 Å². The molecule has 2 aromatic rings. The summed E-state index contributed by atoms with van der Waals surface area (Å²) in [6.07, 6.45) is 3.97. The molecule has 1 atom stereocenters. The maximum atomic E-state index is 12.0. The summed E-state index contributed by atoms with van der Waals surface area (Å²) in [6.45, 7) is 16.8. The number of hydrogen-bond acceptors (Lipinski definition) is 3. The lowest BCUT2D eigenvalue weighted by Crippen LogP contribution is -2.47. The fourth-order valence-electron chi connectivity index (χ4n) is 3.73. The third-order valence-electron chi connectivity index (χ3n) is 6.93. The highest BCUT2D eigenvalue weighted by molar-refractivity contribution is 5.77. The summed E-state index contributed by atoms with van der Waals surface area (Å²) in [6, 6.07) is 16.2. The first-order valence-electron chi connectivity index (χ1n) is 11.6. The first kappa shape index (κ1) is 25.0. The Labute approximate surface area is 189 Å². The smallest absolute Gasteiger partial charge is 0.316 e. The second-order valence-corrected chi connectivity index (χ2v) is 10.1. The second kappa shape index (κ2) is 9.89. The van der Waals surface area contributed by atoms with Gasteiger partial charge in [-0.15, -0.1) is 0 Å². The third kappa shape index (κ3) is 6.12. The van der Waals surface area contributed by atoms with Crippen LogP contribution in [0.5, 0.6) is 11.5 Å². The summed E-state index contributed by atoms with van der Waals surface area (Å²) in [5.41, 5.74) is 1.82. The zero-order chi connectivity index (χ0) is 23.3. The van der Waals surface area contributed by atoms with Gasteiger partial charge in [-0.1, -0.05) is 52.0 Å². The Kier molecular flexibility index (Phi) is 7.97. The van der Waals surface area contributed by atoms with Crippen LogP contribution in [0.15, 0.2) is 48.5 Å². The van der Waals surface area contributed by atoms with E-state index in [9.17, 15) is 4.79 Å². The molecule has 0 radical (unpaired) electrons. The van der Waals surface area contributed by atoms with Crippen molar-refractivity contribution in [2.75, 3.05) is 0 Å². The molecule has 3 nitrogen and oxygen atoms in total. The molecule has 0 amide bonds. The molecule has 2 aromatic carbocycles. The minimum Gasteiger partial charge on any atom is -0.487 e. The van der Waals surface area contributed by atoms with Crippen molar-refractivity contribution in [3.05, 3.63) is 59.7 Å². The minimum absolute atomic E-state index is 0.138. The highest BCUT2D eigenvalue weighted by Gasteiger charge is 2.42. The van der Waals surface area contributed by atoms with Gasteiger partial charge in [0, 0.05) is 5.41 Å².